The Bertz CT molecular complexity index is 468. The Morgan fingerprint density at radius 3 is 3.00 bits per heavy atom. The normalized spacial score (nSPS) is 15.7. The fraction of sp³-hybridized carbons (Fsp3) is 0.308. The number of fused-ring (bicyclic) bond motifs is 1. The van der Waals surface area contributed by atoms with Crippen LogP contribution in [-0.4, -0.2) is 11.9 Å². The number of hydrogen-bond acceptors (Lipinski definition) is 3. The van der Waals surface area contributed by atoms with Crippen LogP contribution in [0.4, 0.5) is 17.1 Å². The van der Waals surface area contributed by atoms with Crippen molar-refractivity contribution in [1.29, 1.82) is 0 Å². The fourth-order valence-electron chi connectivity index (χ4n) is 1.88. The maximum Gasteiger partial charge on any atom is 0.224 e. The molecule has 0 saturated carbocycles. The van der Waals surface area contributed by atoms with E-state index in [4.69, 9.17) is 5.73 Å². The largest absolute Gasteiger partial charge is 0.397 e. The second kappa shape index (κ2) is 4.49. The standard InChI is InChI=1S/C13H17N3O/c1-3-8(2)15-12-7-11-9(6-10(12)14)4-5-13(17)16-11/h3,6-8,15H,1,4-5,14H2,2H3,(H,16,17). The summed E-state index contributed by atoms with van der Waals surface area (Å²) < 4.78 is 0. The SMILES string of the molecule is C=CC(C)Nc1cc2c(cc1N)CCC(=O)N2. The van der Waals surface area contributed by atoms with Crippen LogP contribution in [0.25, 0.3) is 0 Å². The lowest BCUT2D eigenvalue weighted by Gasteiger charge is -2.21. The average Bonchev–Trinajstić information content (AvgIpc) is 2.30. The number of nitrogen functional groups attached to an aromatic ring is 1. The molecule has 0 saturated heterocycles. The lowest BCUT2D eigenvalue weighted by molar-refractivity contribution is -0.116. The Labute approximate surface area is 101 Å². The maximum atomic E-state index is 11.3. The van der Waals surface area contributed by atoms with Gasteiger partial charge in [0.1, 0.15) is 0 Å². The number of carbonyl (C=O) groups is 1. The molecule has 17 heavy (non-hydrogen) atoms. The van der Waals surface area contributed by atoms with Crippen LogP contribution >= 0.6 is 0 Å². The van der Waals surface area contributed by atoms with Gasteiger partial charge in [-0.3, -0.25) is 4.79 Å². The molecule has 0 spiro atoms. The van der Waals surface area contributed by atoms with Gasteiger partial charge in [-0.15, -0.1) is 6.58 Å². The molecule has 0 bridgehead atoms. The topological polar surface area (TPSA) is 67.1 Å². The van der Waals surface area contributed by atoms with E-state index in [0.29, 0.717) is 12.1 Å². The monoisotopic (exact) mass is 231 g/mol. The molecule has 1 aliphatic rings. The van der Waals surface area contributed by atoms with Crippen LogP contribution < -0.4 is 16.4 Å². The van der Waals surface area contributed by atoms with E-state index in [0.717, 1.165) is 23.4 Å². The van der Waals surface area contributed by atoms with E-state index < -0.39 is 0 Å². The summed E-state index contributed by atoms with van der Waals surface area (Å²) in [6, 6.07) is 3.95. The number of nitrogens with two attached hydrogens (primary N) is 1. The van der Waals surface area contributed by atoms with Crippen LogP contribution in [0.15, 0.2) is 24.8 Å². The molecule has 1 amide bonds. The van der Waals surface area contributed by atoms with Gasteiger partial charge < -0.3 is 16.4 Å². The molecule has 1 heterocycles. The average molecular weight is 231 g/mol. The number of benzene rings is 1. The third-order valence-electron chi connectivity index (χ3n) is 2.91. The minimum absolute atomic E-state index is 0.0602. The Morgan fingerprint density at radius 1 is 1.53 bits per heavy atom. The van der Waals surface area contributed by atoms with Crippen molar-refractivity contribution in [3.05, 3.63) is 30.4 Å². The van der Waals surface area contributed by atoms with Gasteiger partial charge in [-0.25, -0.2) is 0 Å². The summed E-state index contributed by atoms with van der Waals surface area (Å²) in [5, 5.41) is 6.09. The molecule has 1 aliphatic heterocycles. The van der Waals surface area contributed by atoms with Crippen molar-refractivity contribution in [2.45, 2.75) is 25.8 Å². The number of amides is 1. The third kappa shape index (κ3) is 2.41. The fourth-order valence-corrected chi connectivity index (χ4v) is 1.88. The number of anilines is 3. The minimum Gasteiger partial charge on any atom is -0.397 e. The Hall–Kier alpha value is -1.97. The second-order valence-corrected chi connectivity index (χ2v) is 4.31. The minimum atomic E-state index is 0.0602. The van der Waals surface area contributed by atoms with Gasteiger partial charge in [-0.1, -0.05) is 6.08 Å². The van der Waals surface area contributed by atoms with Gasteiger partial charge in [0.15, 0.2) is 0 Å². The molecule has 4 heteroatoms. The first-order chi connectivity index (χ1) is 8.10. The molecule has 1 aromatic carbocycles. The van der Waals surface area contributed by atoms with Crippen LogP contribution in [0.5, 0.6) is 0 Å². The molecular weight excluding hydrogens is 214 g/mol. The van der Waals surface area contributed by atoms with Gasteiger partial charge in [0.2, 0.25) is 5.91 Å². The molecule has 0 fully saturated rings. The smallest absolute Gasteiger partial charge is 0.224 e. The number of rotatable bonds is 3. The van der Waals surface area contributed by atoms with Gasteiger partial charge in [0.05, 0.1) is 11.4 Å². The molecule has 0 radical (unpaired) electrons. The van der Waals surface area contributed by atoms with Crippen molar-refractivity contribution in [3.63, 3.8) is 0 Å². The molecular formula is C13H17N3O. The van der Waals surface area contributed by atoms with Gasteiger partial charge in [0.25, 0.3) is 0 Å². The van der Waals surface area contributed by atoms with E-state index in [2.05, 4.69) is 17.2 Å². The Kier molecular flexibility index (Phi) is 3.04. The first-order valence-electron chi connectivity index (χ1n) is 5.71. The van der Waals surface area contributed by atoms with Crippen molar-refractivity contribution in [2.75, 3.05) is 16.4 Å². The summed E-state index contributed by atoms with van der Waals surface area (Å²) in [4.78, 5) is 11.3. The van der Waals surface area contributed by atoms with Crippen molar-refractivity contribution in [1.82, 2.24) is 0 Å². The third-order valence-corrected chi connectivity index (χ3v) is 2.91. The van der Waals surface area contributed by atoms with Gasteiger partial charge >= 0.3 is 0 Å². The molecule has 1 atom stereocenters. The first-order valence-corrected chi connectivity index (χ1v) is 5.71. The van der Waals surface area contributed by atoms with Crippen molar-refractivity contribution >= 4 is 23.0 Å². The van der Waals surface area contributed by atoms with E-state index >= 15 is 0 Å². The van der Waals surface area contributed by atoms with Gasteiger partial charge in [0, 0.05) is 18.2 Å². The van der Waals surface area contributed by atoms with E-state index in [-0.39, 0.29) is 11.9 Å². The van der Waals surface area contributed by atoms with Crippen molar-refractivity contribution < 1.29 is 4.79 Å². The van der Waals surface area contributed by atoms with Crippen LogP contribution in [0.2, 0.25) is 0 Å². The number of hydrogen-bond donors (Lipinski definition) is 3. The highest BCUT2D eigenvalue weighted by molar-refractivity contribution is 5.95. The van der Waals surface area contributed by atoms with E-state index in [1.807, 2.05) is 19.1 Å². The van der Waals surface area contributed by atoms with Crippen LogP contribution in [-0.2, 0) is 11.2 Å². The summed E-state index contributed by atoms with van der Waals surface area (Å²) in [6.07, 6.45) is 3.09. The van der Waals surface area contributed by atoms with Crippen LogP contribution in [0, 0.1) is 0 Å². The van der Waals surface area contributed by atoms with E-state index in [9.17, 15) is 4.79 Å². The van der Waals surface area contributed by atoms with Crippen molar-refractivity contribution in [2.24, 2.45) is 0 Å². The highest BCUT2D eigenvalue weighted by Crippen LogP contribution is 2.31. The lowest BCUT2D eigenvalue weighted by atomic mass is 10.0. The second-order valence-electron chi connectivity index (χ2n) is 4.31. The summed E-state index contributed by atoms with van der Waals surface area (Å²) in [7, 11) is 0. The zero-order valence-electron chi connectivity index (χ0n) is 9.92. The molecule has 0 aliphatic carbocycles. The molecule has 1 unspecified atom stereocenters. The number of carbonyl (C=O) groups excluding carboxylic acids is 1. The zero-order valence-corrected chi connectivity index (χ0v) is 9.92. The molecule has 0 aromatic heterocycles. The molecule has 2 rings (SSSR count). The summed E-state index contributed by atoms with van der Waals surface area (Å²) in [5.41, 5.74) is 9.46. The summed E-state index contributed by atoms with van der Waals surface area (Å²) in [5.74, 6) is 0.0602. The van der Waals surface area contributed by atoms with E-state index in [1.165, 1.54) is 0 Å². The number of aryl methyl sites for hydroxylation is 1. The highest BCUT2D eigenvalue weighted by Gasteiger charge is 2.16. The Balaban J connectivity index is 2.32. The van der Waals surface area contributed by atoms with Gasteiger partial charge in [-0.05, 0) is 31.0 Å². The quantitative estimate of drug-likeness (QED) is 0.551. The van der Waals surface area contributed by atoms with Crippen molar-refractivity contribution in [3.8, 4) is 0 Å². The van der Waals surface area contributed by atoms with Gasteiger partial charge in [-0.2, -0.15) is 0 Å². The first kappa shape index (κ1) is 11.5. The molecule has 1 aromatic rings. The number of nitrogens with one attached hydrogen (secondary N) is 2. The predicted molar refractivity (Wildman–Crippen MR) is 71.1 cm³/mol. The maximum absolute atomic E-state index is 11.3. The molecule has 4 nitrogen and oxygen atoms in total. The zero-order chi connectivity index (χ0) is 12.4. The van der Waals surface area contributed by atoms with Crippen LogP contribution in [0.3, 0.4) is 0 Å². The van der Waals surface area contributed by atoms with E-state index in [1.54, 1.807) is 6.08 Å². The summed E-state index contributed by atoms with van der Waals surface area (Å²) in [6.45, 7) is 5.70. The van der Waals surface area contributed by atoms with Crippen LogP contribution in [0.1, 0.15) is 18.9 Å². The molecule has 90 valence electrons. The lowest BCUT2D eigenvalue weighted by Crippen LogP contribution is -2.20. The Morgan fingerprint density at radius 2 is 2.29 bits per heavy atom. The predicted octanol–water partition coefficient (Wildman–Crippen LogP) is 2.14. The summed E-state index contributed by atoms with van der Waals surface area (Å²) >= 11 is 0. The molecule has 4 N–H and O–H groups in total. The highest BCUT2D eigenvalue weighted by atomic mass is 16.1.